The van der Waals surface area contributed by atoms with Gasteiger partial charge >= 0.3 is 5.97 Å². The first kappa shape index (κ1) is 23.1. The van der Waals surface area contributed by atoms with Crippen LogP contribution in [0.4, 0.5) is 0 Å². The number of nitrogens with one attached hydrogen (secondary N) is 1. The van der Waals surface area contributed by atoms with E-state index in [0.717, 1.165) is 0 Å². The van der Waals surface area contributed by atoms with E-state index in [0.29, 0.717) is 6.42 Å². The first-order valence-corrected chi connectivity index (χ1v) is 9.02. The molecule has 1 aromatic rings. The molecule has 3 N–H and O–H groups in total. The number of nitrogens with two attached hydrogens (primary N) is 1. The number of methoxy groups -OCH3 is 1. The van der Waals surface area contributed by atoms with Gasteiger partial charge in [0.1, 0.15) is 4.90 Å². The molecule has 1 rings (SSSR count). The van der Waals surface area contributed by atoms with Crippen molar-refractivity contribution >= 4 is 40.0 Å². The molecule has 24 heavy (non-hydrogen) atoms. The Labute approximate surface area is 154 Å². The van der Waals surface area contributed by atoms with Crippen LogP contribution in [-0.4, -0.2) is 33.6 Å². The molecule has 138 valence electrons. The molecule has 0 saturated carbocycles. The number of sulfonamides is 1. The van der Waals surface area contributed by atoms with Gasteiger partial charge in [0, 0.05) is 12.1 Å². The summed E-state index contributed by atoms with van der Waals surface area (Å²) < 4.78 is 32.4. The first-order valence-electron chi connectivity index (χ1n) is 7.16. The van der Waals surface area contributed by atoms with Gasteiger partial charge in [-0.15, -0.1) is 12.4 Å². The third-order valence-electron chi connectivity index (χ3n) is 3.33. The molecular formula is C15H24Cl2N2O4S. The summed E-state index contributed by atoms with van der Waals surface area (Å²) in [5.41, 5.74) is 5.14. The Kier molecular flexibility index (Phi) is 8.69. The van der Waals surface area contributed by atoms with E-state index in [1.165, 1.54) is 25.3 Å². The number of esters is 1. The normalized spacial score (nSPS) is 14.0. The van der Waals surface area contributed by atoms with Gasteiger partial charge in [-0.1, -0.05) is 25.4 Å². The maximum Gasteiger partial charge on any atom is 0.337 e. The highest BCUT2D eigenvalue weighted by molar-refractivity contribution is 7.89. The van der Waals surface area contributed by atoms with Gasteiger partial charge in [0.15, 0.2) is 0 Å². The third-order valence-corrected chi connectivity index (χ3v) is 5.45. The van der Waals surface area contributed by atoms with E-state index in [1.807, 2.05) is 13.8 Å². The summed E-state index contributed by atoms with van der Waals surface area (Å²) in [6.45, 7) is 5.88. The summed E-state index contributed by atoms with van der Waals surface area (Å²) >= 11 is 6.03. The number of carbonyl (C=O) groups excluding carboxylic acids is 1. The minimum atomic E-state index is -3.87. The summed E-state index contributed by atoms with van der Waals surface area (Å²) in [6, 6.07) is 3.90. The summed E-state index contributed by atoms with van der Waals surface area (Å²) in [6.07, 6.45) is 0.584. The van der Waals surface area contributed by atoms with Gasteiger partial charge in [0.2, 0.25) is 10.0 Å². The van der Waals surface area contributed by atoms with Crippen molar-refractivity contribution < 1.29 is 17.9 Å². The van der Waals surface area contributed by atoms with Crippen molar-refractivity contribution in [3.05, 3.63) is 28.8 Å². The molecule has 0 aliphatic heterocycles. The van der Waals surface area contributed by atoms with Crippen LogP contribution in [0.2, 0.25) is 5.02 Å². The van der Waals surface area contributed by atoms with Gasteiger partial charge < -0.3 is 10.5 Å². The molecule has 0 bridgehead atoms. The fourth-order valence-electron chi connectivity index (χ4n) is 2.41. The Morgan fingerprint density at radius 3 is 2.42 bits per heavy atom. The van der Waals surface area contributed by atoms with Crippen molar-refractivity contribution in [2.45, 2.75) is 37.6 Å². The molecule has 9 heteroatoms. The third kappa shape index (κ3) is 5.89. The van der Waals surface area contributed by atoms with E-state index in [9.17, 15) is 13.2 Å². The van der Waals surface area contributed by atoms with Crippen molar-refractivity contribution in [3.63, 3.8) is 0 Å². The minimum Gasteiger partial charge on any atom is -0.465 e. The molecule has 0 spiro atoms. The van der Waals surface area contributed by atoms with Crippen LogP contribution in [0.1, 0.15) is 37.6 Å². The van der Waals surface area contributed by atoms with E-state index in [-0.39, 0.29) is 40.4 Å². The van der Waals surface area contributed by atoms with Gasteiger partial charge in [-0.25, -0.2) is 17.9 Å². The van der Waals surface area contributed by atoms with E-state index < -0.39 is 21.5 Å². The molecule has 0 heterocycles. The van der Waals surface area contributed by atoms with Crippen molar-refractivity contribution in [2.75, 3.05) is 13.7 Å². The Hall–Kier alpha value is -0.860. The lowest BCUT2D eigenvalue weighted by Gasteiger charge is -2.31. The summed E-state index contributed by atoms with van der Waals surface area (Å²) in [5.74, 6) is -0.321. The van der Waals surface area contributed by atoms with Crippen LogP contribution >= 0.6 is 24.0 Å². The fraction of sp³-hybridized carbons (Fsp3) is 0.533. The minimum absolute atomic E-state index is 0. The van der Waals surface area contributed by atoms with E-state index in [1.54, 1.807) is 6.92 Å². The number of carbonyl (C=O) groups is 1. The maximum atomic E-state index is 12.6. The Morgan fingerprint density at radius 2 is 2.00 bits per heavy atom. The molecule has 0 fully saturated rings. The molecule has 0 amide bonds. The number of rotatable bonds is 7. The maximum absolute atomic E-state index is 12.6. The summed E-state index contributed by atoms with van der Waals surface area (Å²) in [5, 5.41) is -0.0516. The number of hydrogen-bond acceptors (Lipinski definition) is 5. The number of ether oxygens (including phenoxy) is 1. The van der Waals surface area contributed by atoms with Crippen LogP contribution in [0.3, 0.4) is 0 Å². The number of hydrogen-bond donors (Lipinski definition) is 2. The quantitative estimate of drug-likeness (QED) is 0.687. The van der Waals surface area contributed by atoms with Gasteiger partial charge in [-0.3, -0.25) is 0 Å². The second-order valence-corrected chi connectivity index (χ2v) is 8.16. The van der Waals surface area contributed by atoms with Gasteiger partial charge in [-0.05, 0) is 37.5 Å². The highest BCUT2D eigenvalue weighted by atomic mass is 35.5. The van der Waals surface area contributed by atoms with E-state index >= 15 is 0 Å². The predicted molar refractivity (Wildman–Crippen MR) is 97.3 cm³/mol. The standard InChI is InChI=1S/C15H23ClN2O4S.ClH/c1-10(2)8-15(3,9-17)18-23(20,21)13-6-5-11(7-12(13)16)14(19)22-4;/h5-7,10,18H,8-9,17H2,1-4H3;1H. The van der Waals surface area contributed by atoms with Crippen LogP contribution < -0.4 is 10.5 Å². The topological polar surface area (TPSA) is 98.5 Å². The lowest BCUT2D eigenvalue weighted by Crippen LogP contribution is -2.52. The fourth-order valence-corrected chi connectivity index (χ4v) is 4.38. The average Bonchev–Trinajstić information content (AvgIpc) is 2.44. The van der Waals surface area contributed by atoms with Gasteiger partial charge in [-0.2, -0.15) is 0 Å². The van der Waals surface area contributed by atoms with Crippen molar-refractivity contribution in [1.29, 1.82) is 0 Å². The Balaban J connectivity index is 0.00000529. The Bertz CT molecular complexity index is 680. The molecular weight excluding hydrogens is 375 g/mol. The zero-order chi connectivity index (χ0) is 17.8. The molecule has 0 saturated heterocycles. The van der Waals surface area contributed by atoms with Crippen LogP contribution in [0.25, 0.3) is 0 Å². The van der Waals surface area contributed by atoms with Crippen LogP contribution in [0, 0.1) is 5.92 Å². The monoisotopic (exact) mass is 398 g/mol. The SMILES string of the molecule is COC(=O)c1ccc(S(=O)(=O)NC(C)(CN)CC(C)C)c(Cl)c1.Cl. The number of benzene rings is 1. The highest BCUT2D eigenvalue weighted by Gasteiger charge is 2.31. The molecule has 0 aliphatic carbocycles. The molecule has 1 atom stereocenters. The van der Waals surface area contributed by atoms with E-state index in [4.69, 9.17) is 17.3 Å². The van der Waals surface area contributed by atoms with Crippen molar-refractivity contribution in [3.8, 4) is 0 Å². The Morgan fingerprint density at radius 1 is 1.42 bits per heavy atom. The largest absolute Gasteiger partial charge is 0.465 e. The van der Waals surface area contributed by atoms with Crippen LogP contribution in [-0.2, 0) is 14.8 Å². The summed E-state index contributed by atoms with van der Waals surface area (Å²) in [7, 11) is -2.63. The molecule has 1 aromatic carbocycles. The molecule has 0 aromatic heterocycles. The highest BCUT2D eigenvalue weighted by Crippen LogP contribution is 2.25. The van der Waals surface area contributed by atoms with Gasteiger partial charge in [0.25, 0.3) is 0 Å². The average molecular weight is 399 g/mol. The first-order chi connectivity index (χ1) is 10.5. The predicted octanol–water partition coefficient (Wildman–Crippen LogP) is 2.59. The molecule has 6 nitrogen and oxygen atoms in total. The second-order valence-electron chi connectivity index (χ2n) is 6.11. The van der Waals surface area contributed by atoms with E-state index in [2.05, 4.69) is 9.46 Å². The zero-order valence-corrected chi connectivity index (χ0v) is 16.5. The molecule has 1 unspecified atom stereocenters. The summed E-state index contributed by atoms with van der Waals surface area (Å²) in [4.78, 5) is 11.4. The number of halogens is 2. The smallest absolute Gasteiger partial charge is 0.337 e. The van der Waals surface area contributed by atoms with Gasteiger partial charge in [0.05, 0.1) is 17.7 Å². The zero-order valence-electron chi connectivity index (χ0n) is 14.1. The lowest BCUT2D eigenvalue weighted by atomic mass is 9.92. The lowest BCUT2D eigenvalue weighted by molar-refractivity contribution is 0.0600. The molecule has 0 aliphatic rings. The van der Waals surface area contributed by atoms with Crippen molar-refractivity contribution in [2.24, 2.45) is 11.7 Å². The van der Waals surface area contributed by atoms with Crippen molar-refractivity contribution in [1.82, 2.24) is 4.72 Å². The second kappa shape index (κ2) is 9.01. The van der Waals surface area contributed by atoms with Crippen LogP contribution in [0.5, 0.6) is 0 Å². The molecule has 0 radical (unpaired) electrons. The van der Waals surface area contributed by atoms with Crippen LogP contribution in [0.15, 0.2) is 23.1 Å².